The minimum atomic E-state index is 0.338. The molecule has 6 heteroatoms. The van der Waals surface area contributed by atoms with Crippen molar-refractivity contribution in [2.45, 2.75) is 26.8 Å². The molecule has 2 aromatic heterocycles. The van der Waals surface area contributed by atoms with Gasteiger partial charge in [0.15, 0.2) is 0 Å². The van der Waals surface area contributed by atoms with Gasteiger partial charge in [-0.3, -0.25) is 0 Å². The number of oxazole rings is 1. The Kier molecular flexibility index (Phi) is 4.72. The lowest BCUT2D eigenvalue weighted by Gasteiger charge is -2.00. The Bertz CT molecular complexity index is 481. The van der Waals surface area contributed by atoms with Crippen LogP contribution in [0.1, 0.15) is 23.2 Å². The van der Waals surface area contributed by atoms with Gasteiger partial charge in [-0.25, -0.2) is 4.98 Å². The van der Waals surface area contributed by atoms with Crippen molar-refractivity contribution in [1.29, 1.82) is 0 Å². The van der Waals surface area contributed by atoms with E-state index in [1.807, 2.05) is 12.4 Å². The summed E-state index contributed by atoms with van der Waals surface area (Å²) in [4.78, 5) is 9.67. The normalized spacial score (nSPS) is 10.8. The molecule has 0 fully saturated rings. The predicted octanol–water partition coefficient (Wildman–Crippen LogP) is 2.17. The van der Waals surface area contributed by atoms with Gasteiger partial charge in [-0.05, 0) is 13.5 Å². The van der Waals surface area contributed by atoms with Gasteiger partial charge in [-0.1, -0.05) is 6.92 Å². The average Bonchev–Trinajstić information content (AvgIpc) is 2.97. The molecule has 0 aromatic carbocycles. The van der Waals surface area contributed by atoms with Crippen molar-refractivity contribution in [2.24, 2.45) is 0 Å². The molecule has 2 heterocycles. The van der Waals surface area contributed by atoms with E-state index in [1.165, 1.54) is 4.88 Å². The van der Waals surface area contributed by atoms with Crippen molar-refractivity contribution in [1.82, 2.24) is 15.3 Å². The van der Waals surface area contributed by atoms with Gasteiger partial charge >= 0.3 is 6.08 Å². The van der Waals surface area contributed by atoms with E-state index in [2.05, 4.69) is 22.2 Å². The van der Waals surface area contributed by atoms with Crippen LogP contribution in [0.4, 0.5) is 0 Å². The molecule has 0 unspecified atom stereocenters. The first-order chi connectivity index (χ1) is 8.79. The highest BCUT2D eigenvalue weighted by Crippen LogP contribution is 2.14. The molecule has 5 nitrogen and oxygen atoms in total. The molecule has 0 aliphatic rings. The van der Waals surface area contributed by atoms with Crippen molar-refractivity contribution in [2.75, 3.05) is 13.2 Å². The maximum atomic E-state index is 5.47. The SMILES string of the molecule is CCNCc1coc(OCCc2scnc2C)n1. The Labute approximate surface area is 110 Å². The third-order valence-corrected chi connectivity index (χ3v) is 3.48. The number of aryl methyl sites for hydroxylation is 1. The van der Waals surface area contributed by atoms with Crippen molar-refractivity contribution in [3.8, 4) is 6.08 Å². The van der Waals surface area contributed by atoms with Crippen molar-refractivity contribution in [3.63, 3.8) is 0 Å². The average molecular weight is 267 g/mol. The molecule has 0 amide bonds. The van der Waals surface area contributed by atoms with Crippen LogP contribution in [-0.4, -0.2) is 23.1 Å². The molecule has 0 radical (unpaired) electrons. The third-order valence-electron chi connectivity index (χ3n) is 2.49. The highest BCUT2D eigenvalue weighted by Gasteiger charge is 2.06. The predicted molar refractivity (Wildman–Crippen MR) is 69.9 cm³/mol. The van der Waals surface area contributed by atoms with Crippen LogP contribution >= 0.6 is 11.3 Å². The topological polar surface area (TPSA) is 60.2 Å². The van der Waals surface area contributed by atoms with Crippen LogP contribution in [0, 0.1) is 6.92 Å². The number of nitrogens with one attached hydrogen (secondary N) is 1. The van der Waals surface area contributed by atoms with Gasteiger partial charge in [-0.2, -0.15) is 4.98 Å². The van der Waals surface area contributed by atoms with Crippen LogP contribution in [0.15, 0.2) is 16.2 Å². The zero-order valence-corrected chi connectivity index (χ0v) is 11.4. The lowest BCUT2D eigenvalue weighted by Crippen LogP contribution is -2.11. The van der Waals surface area contributed by atoms with E-state index in [0.717, 1.165) is 24.4 Å². The standard InChI is InChI=1S/C12H17N3O2S/c1-3-13-6-10-7-17-12(15-10)16-5-4-11-9(2)14-8-18-11/h7-8,13H,3-6H2,1-2H3. The lowest BCUT2D eigenvalue weighted by atomic mass is 10.3. The van der Waals surface area contributed by atoms with E-state index in [9.17, 15) is 0 Å². The smallest absolute Gasteiger partial charge is 0.393 e. The van der Waals surface area contributed by atoms with Gasteiger partial charge < -0.3 is 14.5 Å². The van der Waals surface area contributed by atoms with E-state index in [0.29, 0.717) is 19.2 Å². The third kappa shape index (κ3) is 3.54. The molecule has 0 atom stereocenters. The molecule has 0 spiro atoms. The van der Waals surface area contributed by atoms with Crippen molar-refractivity contribution < 1.29 is 9.15 Å². The maximum absolute atomic E-state index is 5.47. The minimum Gasteiger partial charge on any atom is -0.450 e. The molecule has 0 bridgehead atoms. The van der Waals surface area contributed by atoms with Gasteiger partial charge in [-0.15, -0.1) is 11.3 Å². The Morgan fingerprint density at radius 3 is 3.11 bits per heavy atom. The van der Waals surface area contributed by atoms with Crippen LogP contribution < -0.4 is 10.1 Å². The van der Waals surface area contributed by atoms with Crippen LogP contribution in [-0.2, 0) is 13.0 Å². The molecular formula is C12H17N3O2S. The number of rotatable bonds is 7. The monoisotopic (exact) mass is 267 g/mol. The Hall–Kier alpha value is -1.40. The van der Waals surface area contributed by atoms with E-state index in [-0.39, 0.29) is 0 Å². The number of thiazole rings is 1. The summed E-state index contributed by atoms with van der Waals surface area (Å²) in [6, 6.07) is 0. The summed E-state index contributed by atoms with van der Waals surface area (Å²) in [5, 5.41) is 3.18. The number of nitrogens with zero attached hydrogens (tertiary/aromatic N) is 2. The van der Waals surface area contributed by atoms with E-state index in [1.54, 1.807) is 17.6 Å². The molecule has 98 valence electrons. The summed E-state index contributed by atoms with van der Waals surface area (Å²) in [5.41, 5.74) is 3.79. The fourth-order valence-corrected chi connectivity index (χ4v) is 2.25. The molecule has 0 aliphatic heterocycles. The van der Waals surface area contributed by atoms with Gasteiger partial charge in [0.05, 0.1) is 23.5 Å². The molecule has 18 heavy (non-hydrogen) atoms. The fourth-order valence-electron chi connectivity index (χ4n) is 1.49. The molecule has 0 saturated carbocycles. The molecule has 0 aliphatic carbocycles. The minimum absolute atomic E-state index is 0.338. The number of ether oxygens (including phenoxy) is 1. The highest BCUT2D eigenvalue weighted by molar-refractivity contribution is 7.09. The second kappa shape index (κ2) is 6.51. The second-order valence-electron chi connectivity index (χ2n) is 3.84. The molecule has 0 saturated heterocycles. The van der Waals surface area contributed by atoms with E-state index in [4.69, 9.17) is 9.15 Å². The first-order valence-corrected chi connectivity index (χ1v) is 6.84. The van der Waals surface area contributed by atoms with Crippen molar-refractivity contribution >= 4 is 11.3 Å². The number of hydrogen-bond acceptors (Lipinski definition) is 6. The summed E-state index contributed by atoms with van der Waals surface area (Å²) < 4.78 is 10.7. The summed E-state index contributed by atoms with van der Waals surface area (Å²) in [7, 11) is 0. The van der Waals surface area contributed by atoms with Gasteiger partial charge in [0.2, 0.25) is 0 Å². The fraction of sp³-hybridized carbons (Fsp3) is 0.500. The summed E-state index contributed by atoms with van der Waals surface area (Å²) >= 11 is 1.65. The second-order valence-corrected chi connectivity index (χ2v) is 4.78. The van der Waals surface area contributed by atoms with Crippen LogP contribution in [0.5, 0.6) is 6.08 Å². The van der Waals surface area contributed by atoms with Crippen molar-refractivity contribution in [3.05, 3.63) is 28.0 Å². The molecule has 2 aromatic rings. The zero-order valence-electron chi connectivity index (χ0n) is 10.6. The number of hydrogen-bond donors (Lipinski definition) is 1. The van der Waals surface area contributed by atoms with Crippen LogP contribution in [0.25, 0.3) is 0 Å². The quantitative estimate of drug-likeness (QED) is 0.833. The first-order valence-electron chi connectivity index (χ1n) is 5.96. The Morgan fingerprint density at radius 1 is 1.50 bits per heavy atom. The highest BCUT2D eigenvalue weighted by atomic mass is 32.1. The molecular weight excluding hydrogens is 250 g/mol. The van der Waals surface area contributed by atoms with E-state index < -0.39 is 0 Å². The number of aromatic nitrogens is 2. The van der Waals surface area contributed by atoms with Gasteiger partial charge in [0, 0.05) is 17.8 Å². The van der Waals surface area contributed by atoms with Gasteiger partial charge in [0.25, 0.3) is 0 Å². The van der Waals surface area contributed by atoms with Crippen LogP contribution in [0.2, 0.25) is 0 Å². The summed E-state index contributed by atoms with van der Waals surface area (Å²) in [5.74, 6) is 0. The van der Waals surface area contributed by atoms with Crippen LogP contribution in [0.3, 0.4) is 0 Å². The van der Waals surface area contributed by atoms with Gasteiger partial charge in [0.1, 0.15) is 6.26 Å². The Morgan fingerprint density at radius 2 is 2.39 bits per heavy atom. The molecule has 2 rings (SSSR count). The van der Waals surface area contributed by atoms with E-state index >= 15 is 0 Å². The lowest BCUT2D eigenvalue weighted by molar-refractivity contribution is 0.233. The zero-order chi connectivity index (χ0) is 12.8. The largest absolute Gasteiger partial charge is 0.450 e. The maximum Gasteiger partial charge on any atom is 0.393 e. The molecule has 1 N–H and O–H groups in total. The first kappa shape index (κ1) is 13.0. The summed E-state index contributed by atoms with van der Waals surface area (Å²) in [6.07, 6.45) is 2.79. The summed E-state index contributed by atoms with van der Waals surface area (Å²) in [6.45, 7) is 6.23. The Balaban J connectivity index is 1.76.